The Hall–Kier alpha value is -3.20. The van der Waals surface area contributed by atoms with E-state index >= 15 is 0 Å². The third kappa shape index (κ3) is 4.52. The first-order valence-corrected chi connectivity index (χ1v) is 10.4. The maximum Gasteiger partial charge on any atom is 0.358 e. The second-order valence-electron chi connectivity index (χ2n) is 8.99. The number of fused-ring (bicyclic) bond motifs is 1. The van der Waals surface area contributed by atoms with E-state index in [4.69, 9.17) is 15.2 Å². The molecular formula is C23H29N3O6. The van der Waals surface area contributed by atoms with Gasteiger partial charge in [0.05, 0.1) is 36.4 Å². The van der Waals surface area contributed by atoms with Crippen molar-refractivity contribution in [1.82, 2.24) is 4.90 Å². The number of hydrogen-bond donors (Lipinski definition) is 2. The van der Waals surface area contributed by atoms with Crippen LogP contribution in [0, 0.1) is 11.3 Å². The SMILES string of the molecule is C[C@@H](O)[C@H]1C(=O)N2C(C(=O)OCOC(=O)C(C)(C)C)=C(c3ccc(CN=CN)cc3)C[C@H]12. The van der Waals surface area contributed by atoms with Crippen LogP contribution < -0.4 is 5.73 Å². The number of hydrogen-bond acceptors (Lipinski definition) is 7. The van der Waals surface area contributed by atoms with Gasteiger partial charge in [0.25, 0.3) is 0 Å². The number of esters is 2. The molecule has 0 bridgehead atoms. The van der Waals surface area contributed by atoms with Gasteiger partial charge >= 0.3 is 11.9 Å². The third-order valence-corrected chi connectivity index (χ3v) is 5.60. The molecule has 0 spiro atoms. The molecule has 2 heterocycles. The molecule has 0 aliphatic carbocycles. The van der Waals surface area contributed by atoms with Crippen LogP contribution in [0.25, 0.3) is 5.57 Å². The lowest BCUT2D eigenvalue weighted by Crippen LogP contribution is -2.61. The minimum atomic E-state index is -0.829. The van der Waals surface area contributed by atoms with E-state index in [1.54, 1.807) is 27.7 Å². The van der Waals surface area contributed by atoms with Gasteiger partial charge in [0.15, 0.2) is 0 Å². The molecule has 0 aromatic heterocycles. The highest BCUT2D eigenvalue weighted by molar-refractivity contribution is 6.06. The topological polar surface area (TPSA) is 132 Å². The summed E-state index contributed by atoms with van der Waals surface area (Å²) in [6.07, 6.45) is 0.818. The lowest BCUT2D eigenvalue weighted by molar-refractivity contribution is -0.175. The van der Waals surface area contributed by atoms with Crippen LogP contribution in [0.5, 0.6) is 0 Å². The van der Waals surface area contributed by atoms with Gasteiger partial charge in [0.2, 0.25) is 12.7 Å². The summed E-state index contributed by atoms with van der Waals surface area (Å²) in [5.41, 5.74) is 7.02. The Kier molecular flexibility index (Phi) is 6.68. The third-order valence-electron chi connectivity index (χ3n) is 5.60. The van der Waals surface area contributed by atoms with Crippen molar-refractivity contribution in [3.8, 4) is 0 Å². The first kappa shape index (κ1) is 23.5. The molecule has 3 rings (SSSR count). The molecule has 2 aliphatic rings. The fourth-order valence-electron chi connectivity index (χ4n) is 3.91. The first-order chi connectivity index (χ1) is 15.1. The van der Waals surface area contributed by atoms with Crippen LogP contribution in [0.1, 0.15) is 45.2 Å². The van der Waals surface area contributed by atoms with Crippen LogP contribution in [-0.2, 0) is 30.4 Å². The summed E-state index contributed by atoms with van der Waals surface area (Å²) in [5, 5.41) is 10.0. The second kappa shape index (κ2) is 9.12. The zero-order valence-electron chi connectivity index (χ0n) is 18.7. The molecule has 2 aliphatic heterocycles. The Balaban J connectivity index is 1.84. The molecular weight excluding hydrogens is 414 g/mol. The number of nitrogens with two attached hydrogens (primary N) is 1. The van der Waals surface area contributed by atoms with E-state index in [0.717, 1.165) is 11.1 Å². The van der Waals surface area contributed by atoms with E-state index in [9.17, 15) is 19.5 Å². The summed E-state index contributed by atoms with van der Waals surface area (Å²) in [6, 6.07) is 7.10. The Morgan fingerprint density at radius 3 is 2.50 bits per heavy atom. The number of aliphatic hydroxyl groups excluding tert-OH is 1. The number of benzene rings is 1. The lowest BCUT2D eigenvalue weighted by atomic mass is 9.82. The van der Waals surface area contributed by atoms with Crippen molar-refractivity contribution in [3.63, 3.8) is 0 Å². The van der Waals surface area contributed by atoms with Crippen molar-refractivity contribution < 1.29 is 29.0 Å². The summed E-state index contributed by atoms with van der Waals surface area (Å²) < 4.78 is 10.2. The number of nitrogens with zero attached hydrogens (tertiary/aromatic N) is 2. The van der Waals surface area contributed by atoms with E-state index < -0.39 is 36.2 Å². The largest absolute Gasteiger partial charge is 0.427 e. The quantitative estimate of drug-likeness (QED) is 0.215. The Morgan fingerprint density at radius 1 is 1.28 bits per heavy atom. The van der Waals surface area contributed by atoms with Gasteiger partial charge in [0, 0.05) is 0 Å². The normalized spacial score (nSPS) is 21.4. The minimum Gasteiger partial charge on any atom is -0.427 e. The predicted molar refractivity (Wildman–Crippen MR) is 117 cm³/mol. The molecule has 0 unspecified atom stereocenters. The molecule has 3 atom stereocenters. The second-order valence-corrected chi connectivity index (χ2v) is 8.99. The molecule has 1 amide bonds. The summed E-state index contributed by atoms with van der Waals surface area (Å²) in [5.74, 6) is -2.16. The van der Waals surface area contributed by atoms with Gasteiger partial charge < -0.3 is 25.2 Å². The molecule has 0 radical (unpaired) electrons. The molecule has 9 heteroatoms. The van der Waals surface area contributed by atoms with Gasteiger partial charge in [-0.25, -0.2) is 4.79 Å². The van der Waals surface area contributed by atoms with Gasteiger partial charge in [-0.2, -0.15) is 0 Å². The van der Waals surface area contributed by atoms with Crippen molar-refractivity contribution in [2.45, 2.75) is 52.8 Å². The van der Waals surface area contributed by atoms with Crippen LogP contribution in [0.2, 0.25) is 0 Å². The number of ether oxygens (including phenoxy) is 2. The summed E-state index contributed by atoms with van der Waals surface area (Å²) in [4.78, 5) is 42.9. The van der Waals surface area contributed by atoms with E-state index in [0.29, 0.717) is 18.5 Å². The monoisotopic (exact) mass is 443 g/mol. The minimum absolute atomic E-state index is 0.122. The Bertz CT molecular complexity index is 959. The van der Waals surface area contributed by atoms with Crippen LogP contribution >= 0.6 is 0 Å². The number of aliphatic imine (C=N–C) groups is 1. The molecule has 0 saturated carbocycles. The zero-order valence-corrected chi connectivity index (χ0v) is 18.7. The molecule has 172 valence electrons. The molecule has 32 heavy (non-hydrogen) atoms. The number of aliphatic hydroxyl groups is 1. The van der Waals surface area contributed by atoms with Crippen molar-refractivity contribution in [3.05, 3.63) is 41.1 Å². The highest BCUT2D eigenvalue weighted by Gasteiger charge is 2.57. The van der Waals surface area contributed by atoms with Gasteiger partial charge in [-0.3, -0.25) is 14.6 Å². The maximum absolute atomic E-state index is 12.9. The zero-order chi connectivity index (χ0) is 23.6. The van der Waals surface area contributed by atoms with Gasteiger partial charge in [-0.05, 0) is 50.8 Å². The molecule has 1 aromatic carbocycles. The molecule has 3 N–H and O–H groups in total. The van der Waals surface area contributed by atoms with Crippen LogP contribution in [-0.4, -0.2) is 53.1 Å². The van der Waals surface area contributed by atoms with Crippen LogP contribution in [0.4, 0.5) is 0 Å². The summed E-state index contributed by atoms with van der Waals surface area (Å²) >= 11 is 0. The first-order valence-electron chi connectivity index (χ1n) is 10.4. The van der Waals surface area contributed by atoms with E-state index in [2.05, 4.69) is 4.99 Å². The van der Waals surface area contributed by atoms with Gasteiger partial charge in [-0.15, -0.1) is 0 Å². The number of amides is 1. The van der Waals surface area contributed by atoms with Crippen molar-refractivity contribution in [2.24, 2.45) is 22.1 Å². The highest BCUT2D eigenvalue weighted by atomic mass is 16.7. The number of rotatable bonds is 7. The number of β-lactam (4-membered cyclic amide) rings is 1. The molecule has 1 aromatic rings. The number of carbonyl (C=O) groups is 3. The lowest BCUT2D eigenvalue weighted by Gasteiger charge is -2.44. The maximum atomic E-state index is 12.9. The smallest absolute Gasteiger partial charge is 0.358 e. The standard InChI is InChI=1S/C23H29N3O6/c1-13(27)18-17-9-16(15-7-5-14(6-8-15)10-25-11-24)19(26(17)20(18)28)21(29)31-12-32-22(30)23(2,3)4/h5-8,11,13,17-18,27H,9-10,12H2,1-4H3,(H2,24,25)/t13-,17-,18-/m1/s1. The van der Waals surface area contributed by atoms with Gasteiger partial charge in [0.1, 0.15) is 5.70 Å². The summed E-state index contributed by atoms with van der Waals surface area (Å²) in [6.45, 7) is 6.52. The van der Waals surface area contributed by atoms with Crippen LogP contribution in [0.3, 0.4) is 0 Å². The van der Waals surface area contributed by atoms with Crippen LogP contribution in [0.15, 0.2) is 35.0 Å². The fourth-order valence-corrected chi connectivity index (χ4v) is 3.91. The fraction of sp³-hybridized carbons (Fsp3) is 0.478. The van der Waals surface area contributed by atoms with E-state index in [1.807, 2.05) is 24.3 Å². The highest BCUT2D eigenvalue weighted by Crippen LogP contribution is 2.47. The average Bonchev–Trinajstić information content (AvgIpc) is 3.06. The van der Waals surface area contributed by atoms with E-state index in [-0.39, 0.29) is 17.6 Å². The molecule has 1 fully saturated rings. The van der Waals surface area contributed by atoms with Crippen molar-refractivity contribution >= 4 is 29.8 Å². The van der Waals surface area contributed by atoms with Crippen molar-refractivity contribution in [2.75, 3.05) is 6.79 Å². The summed E-state index contributed by atoms with van der Waals surface area (Å²) in [7, 11) is 0. The molecule has 1 saturated heterocycles. The average molecular weight is 444 g/mol. The number of carbonyl (C=O) groups excluding carboxylic acids is 3. The van der Waals surface area contributed by atoms with Gasteiger partial charge in [-0.1, -0.05) is 24.3 Å². The Morgan fingerprint density at radius 2 is 1.94 bits per heavy atom. The predicted octanol–water partition coefficient (Wildman–Crippen LogP) is 1.59. The Labute approximate surface area is 186 Å². The molecule has 9 nitrogen and oxygen atoms in total. The van der Waals surface area contributed by atoms with E-state index in [1.165, 1.54) is 11.2 Å². The van der Waals surface area contributed by atoms with Crippen molar-refractivity contribution in [1.29, 1.82) is 0 Å².